The number of fused-ring (bicyclic) bond motifs is 4. The number of pyridine rings is 1. The fraction of sp³-hybridized carbons (Fsp3) is 0.300. The summed E-state index contributed by atoms with van der Waals surface area (Å²) in [6.45, 7) is 2.76. The second-order valence-corrected chi connectivity index (χ2v) is 7.82. The third-order valence-corrected chi connectivity index (χ3v) is 6.21. The van der Waals surface area contributed by atoms with E-state index in [4.69, 9.17) is 4.98 Å². The van der Waals surface area contributed by atoms with Gasteiger partial charge in [0.05, 0.1) is 5.69 Å². The van der Waals surface area contributed by atoms with Crippen molar-refractivity contribution >= 4 is 16.5 Å². The van der Waals surface area contributed by atoms with Crippen LogP contribution < -0.4 is 10.5 Å². The lowest BCUT2D eigenvalue weighted by molar-refractivity contribution is 0.281. The van der Waals surface area contributed by atoms with E-state index in [1.165, 1.54) is 17.7 Å². The van der Waals surface area contributed by atoms with Crippen LogP contribution in [0.25, 0.3) is 11.3 Å². The molecule has 25 heavy (non-hydrogen) atoms. The van der Waals surface area contributed by atoms with E-state index in [0.717, 1.165) is 30.5 Å². The van der Waals surface area contributed by atoms with Crippen LogP contribution >= 0.6 is 11.3 Å². The predicted molar refractivity (Wildman–Crippen MR) is 101 cm³/mol. The predicted octanol–water partition coefficient (Wildman–Crippen LogP) is 3.60. The number of hydrogen-bond acceptors (Lipinski definition) is 4. The summed E-state index contributed by atoms with van der Waals surface area (Å²) < 4.78 is 1.98. The average molecular weight is 349 g/mol. The normalized spacial score (nSPS) is 21.8. The first-order valence-electron chi connectivity index (χ1n) is 8.73. The van der Waals surface area contributed by atoms with Crippen LogP contribution in [0.3, 0.4) is 0 Å². The first-order chi connectivity index (χ1) is 12.3. The van der Waals surface area contributed by atoms with E-state index in [-0.39, 0.29) is 5.56 Å². The smallest absolute Gasteiger partial charge is 0.250 e. The van der Waals surface area contributed by atoms with Crippen LogP contribution in [0.15, 0.2) is 58.7 Å². The number of piperidine rings is 1. The van der Waals surface area contributed by atoms with E-state index < -0.39 is 0 Å². The minimum Gasteiger partial charge on any atom is -0.347 e. The Balaban J connectivity index is 1.44. The van der Waals surface area contributed by atoms with Crippen molar-refractivity contribution in [3.63, 3.8) is 0 Å². The van der Waals surface area contributed by atoms with E-state index in [9.17, 15) is 4.79 Å². The molecule has 1 fully saturated rings. The Labute approximate surface area is 150 Å². The van der Waals surface area contributed by atoms with Gasteiger partial charge in [0.2, 0.25) is 0 Å². The van der Waals surface area contributed by atoms with Gasteiger partial charge in [-0.1, -0.05) is 36.4 Å². The molecule has 1 aromatic carbocycles. The highest BCUT2D eigenvalue weighted by atomic mass is 32.1. The van der Waals surface area contributed by atoms with Gasteiger partial charge in [0.25, 0.3) is 5.56 Å². The number of thiazole rings is 1. The Morgan fingerprint density at radius 1 is 1.00 bits per heavy atom. The molecule has 5 heteroatoms. The number of aromatic nitrogens is 2. The molecule has 2 bridgehead atoms. The number of rotatable bonds is 2. The maximum Gasteiger partial charge on any atom is 0.250 e. The fourth-order valence-corrected chi connectivity index (χ4v) is 5.06. The van der Waals surface area contributed by atoms with E-state index >= 15 is 0 Å². The molecule has 2 aliphatic heterocycles. The van der Waals surface area contributed by atoms with Crippen LogP contribution in [0.4, 0.5) is 5.13 Å². The molecular weight excluding hydrogens is 330 g/mol. The first kappa shape index (κ1) is 14.9. The van der Waals surface area contributed by atoms with Crippen LogP contribution in [0, 0.1) is 5.92 Å². The molecule has 1 saturated heterocycles. The van der Waals surface area contributed by atoms with Gasteiger partial charge in [-0.15, -0.1) is 11.3 Å². The Kier molecular flexibility index (Phi) is 3.48. The van der Waals surface area contributed by atoms with Crippen LogP contribution in [0.5, 0.6) is 0 Å². The summed E-state index contributed by atoms with van der Waals surface area (Å²) in [4.78, 5) is 19.4. The lowest BCUT2D eigenvalue weighted by atomic mass is 9.83. The molecule has 0 unspecified atom stereocenters. The highest BCUT2D eigenvalue weighted by Gasteiger charge is 2.35. The molecule has 0 radical (unpaired) electrons. The summed E-state index contributed by atoms with van der Waals surface area (Å²) in [5, 5.41) is 3.24. The molecule has 4 nitrogen and oxygen atoms in total. The zero-order valence-electron chi connectivity index (χ0n) is 13.8. The minimum absolute atomic E-state index is 0.140. The summed E-state index contributed by atoms with van der Waals surface area (Å²) in [7, 11) is 0. The van der Waals surface area contributed by atoms with Crippen molar-refractivity contribution in [2.24, 2.45) is 5.92 Å². The van der Waals surface area contributed by atoms with Gasteiger partial charge in [-0.25, -0.2) is 4.98 Å². The van der Waals surface area contributed by atoms with Crippen LogP contribution in [-0.2, 0) is 6.54 Å². The zero-order valence-corrected chi connectivity index (χ0v) is 14.7. The molecule has 0 spiro atoms. The lowest BCUT2D eigenvalue weighted by Crippen LogP contribution is -2.47. The average Bonchev–Trinajstić information content (AvgIpc) is 3.14. The van der Waals surface area contributed by atoms with Crippen LogP contribution in [0.1, 0.15) is 18.0 Å². The van der Waals surface area contributed by atoms with E-state index in [1.807, 2.05) is 28.8 Å². The van der Waals surface area contributed by atoms with Crippen LogP contribution in [-0.4, -0.2) is 22.6 Å². The van der Waals surface area contributed by atoms with Crippen LogP contribution in [0.2, 0.25) is 0 Å². The summed E-state index contributed by atoms with van der Waals surface area (Å²) in [6, 6.07) is 16.0. The second kappa shape index (κ2) is 5.85. The topological polar surface area (TPSA) is 38.1 Å². The summed E-state index contributed by atoms with van der Waals surface area (Å²) in [5.74, 6) is 0.945. The molecule has 2 atom stereocenters. The van der Waals surface area contributed by atoms with Crippen molar-refractivity contribution in [1.82, 2.24) is 9.55 Å². The van der Waals surface area contributed by atoms with Crippen molar-refractivity contribution in [3.8, 4) is 11.3 Å². The van der Waals surface area contributed by atoms with Gasteiger partial charge in [-0.2, -0.15) is 0 Å². The molecule has 2 aliphatic rings. The Morgan fingerprint density at radius 3 is 2.76 bits per heavy atom. The Hall–Kier alpha value is -2.40. The fourth-order valence-electron chi connectivity index (χ4n) is 4.20. The summed E-state index contributed by atoms with van der Waals surface area (Å²) in [6.07, 6.45) is 1.18. The molecule has 126 valence electrons. The van der Waals surface area contributed by atoms with E-state index in [1.54, 1.807) is 17.4 Å². The lowest BCUT2D eigenvalue weighted by Gasteiger charge is -2.42. The van der Waals surface area contributed by atoms with Gasteiger partial charge in [-0.05, 0) is 18.4 Å². The quantitative estimate of drug-likeness (QED) is 0.709. The summed E-state index contributed by atoms with van der Waals surface area (Å²) >= 11 is 1.72. The van der Waals surface area contributed by atoms with Crippen molar-refractivity contribution < 1.29 is 0 Å². The molecule has 0 N–H and O–H groups in total. The Bertz CT molecular complexity index is 962. The Morgan fingerprint density at radius 2 is 1.88 bits per heavy atom. The minimum atomic E-state index is 0.140. The largest absolute Gasteiger partial charge is 0.347 e. The monoisotopic (exact) mass is 349 g/mol. The van der Waals surface area contributed by atoms with Crippen molar-refractivity contribution in [2.45, 2.75) is 18.9 Å². The second-order valence-electron chi connectivity index (χ2n) is 6.98. The molecule has 3 aromatic rings. The first-order valence-corrected chi connectivity index (χ1v) is 9.61. The van der Waals surface area contributed by atoms with E-state index in [0.29, 0.717) is 11.8 Å². The van der Waals surface area contributed by atoms with E-state index in [2.05, 4.69) is 28.5 Å². The molecular formula is C20H19N3OS. The molecule has 2 aromatic heterocycles. The van der Waals surface area contributed by atoms with Crippen molar-refractivity contribution in [1.29, 1.82) is 0 Å². The standard InChI is InChI=1S/C20H19N3OS/c24-19-8-4-7-18-16-9-14(11-23(18)19)10-22(12-16)20-21-17(13-25-20)15-5-2-1-3-6-15/h1-8,13-14,16H,9-12H2/t14-,16-/m0/s1. The van der Waals surface area contributed by atoms with Gasteiger partial charge in [0.15, 0.2) is 5.13 Å². The summed E-state index contributed by atoms with van der Waals surface area (Å²) in [5.41, 5.74) is 3.54. The van der Waals surface area contributed by atoms with Crippen molar-refractivity contribution in [3.05, 3.63) is 70.0 Å². The molecule has 0 aliphatic carbocycles. The highest BCUT2D eigenvalue weighted by molar-refractivity contribution is 7.14. The SMILES string of the molecule is O=c1cccc2n1C[C@H]1C[C@H]2CN(c2nc(-c3ccccc3)cs2)C1. The molecule has 0 saturated carbocycles. The molecule has 0 amide bonds. The third kappa shape index (κ3) is 2.59. The van der Waals surface area contributed by atoms with Crippen molar-refractivity contribution in [2.75, 3.05) is 18.0 Å². The highest BCUT2D eigenvalue weighted by Crippen LogP contribution is 2.38. The number of benzene rings is 1. The number of hydrogen-bond donors (Lipinski definition) is 0. The van der Waals surface area contributed by atoms with Gasteiger partial charge in [0, 0.05) is 48.3 Å². The van der Waals surface area contributed by atoms with Gasteiger partial charge >= 0.3 is 0 Å². The maximum atomic E-state index is 12.1. The zero-order chi connectivity index (χ0) is 16.8. The number of anilines is 1. The molecule has 5 rings (SSSR count). The van der Waals surface area contributed by atoms with Gasteiger partial charge in [0.1, 0.15) is 0 Å². The molecule has 4 heterocycles. The maximum absolute atomic E-state index is 12.1. The van der Waals surface area contributed by atoms with Gasteiger partial charge < -0.3 is 9.47 Å². The third-order valence-electron chi connectivity index (χ3n) is 5.31. The van der Waals surface area contributed by atoms with Gasteiger partial charge in [-0.3, -0.25) is 4.79 Å². The number of nitrogens with zero attached hydrogens (tertiary/aromatic N) is 3.